The van der Waals surface area contributed by atoms with Gasteiger partial charge in [-0.05, 0) is 26.0 Å². The minimum absolute atomic E-state index is 0.0587. The highest BCUT2D eigenvalue weighted by molar-refractivity contribution is 5.97. The van der Waals surface area contributed by atoms with Gasteiger partial charge in [-0.2, -0.15) is 0 Å². The number of carbonyl (C=O) groups excluding carboxylic acids is 1. The Morgan fingerprint density at radius 3 is 2.83 bits per heavy atom. The van der Waals surface area contributed by atoms with Crippen molar-refractivity contribution < 1.29 is 23.9 Å². The second kappa shape index (κ2) is 12.7. The molecule has 0 aliphatic carbocycles. The van der Waals surface area contributed by atoms with Crippen LogP contribution in [0.2, 0.25) is 0 Å². The number of hydrogen-bond acceptors (Lipinski definition) is 10. The number of nitro benzene ring substituents is 1. The van der Waals surface area contributed by atoms with E-state index in [4.69, 9.17) is 19.2 Å². The fourth-order valence-corrected chi connectivity index (χ4v) is 5.17. The molecule has 4 aromatic rings. The Morgan fingerprint density at radius 2 is 2.07 bits per heavy atom. The van der Waals surface area contributed by atoms with Gasteiger partial charge in [0, 0.05) is 54.4 Å². The lowest BCUT2D eigenvalue weighted by atomic mass is 10.1. The second-order valence-electron chi connectivity index (χ2n) is 9.48. The SMILES string of the molecule is CCNC(=O)OCCN(CC)c1cc(OC)c(Nc2nccc(-c3c4n(c5ccccc35)CCOC4)n2)cc1[N+](=O)[O-]. The minimum atomic E-state index is -0.538. The van der Waals surface area contributed by atoms with Crippen molar-refractivity contribution in [3.8, 4) is 17.0 Å². The van der Waals surface area contributed by atoms with Gasteiger partial charge < -0.3 is 34.3 Å². The monoisotopic (exact) mass is 575 g/mol. The maximum Gasteiger partial charge on any atom is 0.407 e. The normalized spacial score (nSPS) is 12.5. The molecule has 1 aliphatic heterocycles. The molecule has 0 atom stereocenters. The number of carbonyl (C=O) groups is 1. The molecular weight excluding hydrogens is 542 g/mol. The maximum absolute atomic E-state index is 12.2. The smallest absolute Gasteiger partial charge is 0.407 e. The quantitative estimate of drug-likeness (QED) is 0.188. The van der Waals surface area contributed by atoms with Crippen molar-refractivity contribution in [2.45, 2.75) is 27.0 Å². The number of ether oxygens (including phenoxy) is 3. The van der Waals surface area contributed by atoms with Gasteiger partial charge in [0.05, 0.1) is 48.9 Å². The van der Waals surface area contributed by atoms with Crippen molar-refractivity contribution in [1.82, 2.24) is 19.9 Å². The molecule has 1 amide bonds. The van der Waals surface area contributed by atoms with Gasteiger partial charge in [0.2, 0.25) is 5.95 Å². The number of alkyl carbamates (subject to hydrolysis) is 1. The number of methoxy groups -OCH3 is 1. The summed E-state index contributed by atoms with van der Waals surface area (Å²) >= 11 is 0. The van der Waals surface area contributed by atoms with E-state index in [1.54, 1.807) is 24.1 Å². The van der Waals surface area contributed by atoms with Crippen LogP contribution in [0.3, 0.4) is 0 Å². The number of benzene rings is 2. The van der Waals surface area contributed by atoms with E-state index >= 15 is 0 Å². The molecule has 3 heterocycles. The van der Waals surface area contributed by atoms with Gasteiger partial charge >= 0.3 is 6.09 Å². The molecule has 42 heavy (non-hydrogen) atoms. The van der Waals surface area contributed by atoms with E-state index in [-0.39, 0.29) is 24.8 Å². The highest BCUT2D eigenvalue weighted by Gasteiger charge is 2.25. The molecule has 2 N–H and O–H groups in total. The van der Waals surface area contributed by atoms with E-state index < -0.39 is 11.0 Å². The van der Waals surface area contributed by atoms with Crippen LogP contribution in [0.5, 0.6) is 5.75 Å². The third kappa shape index (κ3) is 5.77. The predicted octanol–water partition coefficient (Wildman–Crippen LogP) is 4.86. The molecule has 2 aromatic heterocycles. The Labute approximate surface area is 242 Å². The van der Waals surface area contributed by atoms with Crippen LogP contribution in [0, 0.1) is 10.1 Å². The Balaban J connectivity index is 1.46. The molecule has 0 radical (unpaired) electrons. The number of para-hydroxylation sites is 1. The average Bonchev–Trinajstić information content (AvgIpc) is 3.34. The molecule has 5 rings (SSSR count). The van der Waals surface area contributed by atoms with E-state index in [9.17, 15) is 14.9 Å². The van der Waals surface area contributed by atoms with Gasteiger partial charge in [-0.15, -0.1) is 0 Å². The highest BCUT2D eigenvalue weighted by Crippen LogP contribution is 2.40. The predicted molar refractivity (Wildman–Crippen MR) is 158 cm³/mol. The molecular formula is C29H33N7O6. The van der Waals surface area contributed by atoms with Gasteiger partial charge in [0.1, 0.15) is 18.0 Å². The topological polar surface area (TPSA) is 146 Å². The number of nitrogens with zero attached hydrogens (tertiary/aromatic N) is 5. The number of amides is 1. The summed E-state index contributed by atoms with van der Waals surface area (Å²) in [5.74, 6) is 0.629. The third-order valence-corrected chi connectivity index (χ3v) is 7.07. The summed E-state index contributed by atoms with van der Waals surface area (Å²) in [6.07, 6.45) is 1.11. The molecule has 0 unspecified atom stereocenters. The largest absolute Gasteiger partial charge is 0.494 e. The maximum atomic E-state index is 12.2. The van der Waals surface area contributed by atoms with Gasteiger partial charge in [0.25, 0.3) is 5.69 Å². The first-order valence-corrected chi connectivity index (χ1v) is 13.7. The molecule has 220 valence electrons. The van der Waals surface area contributed by atoms with E-state index in [2.05, 4.69) is 32.3 Å². The summed E-state index contributed by atoms with van der Waals surface area (Å²) in [6, 6.07) is 13.0. The Bertz CT molecular complexity index is 1610. The van der Waals surface area contributed by atoms with Crippen molar-refractivity contribution in [2.24, 2.45) is 0 Å². The van der Waals surface area contributed by atoms with Crippen LogP contribution in [0.4, 0.5) is 27.8 Å². The lowest BCUT2D eigenvalue weighted by Crippen LogP contribution is -2.31. The van der Waals surface area contributed by atoms with Crippen LogP contribution in [-0.4, -0.2) is 65.5 Å². The molecule has 13 heteroatoms. The van der Waals surface area contributed by atoms with Gasteiger partial charge in [-0.3, -0.25) is 10.1 Å². The van der Waals surface area contributed by atoms with E-state index in [0.29, 0.717) is 49.1 Å². The number of nitro groups is 1. The van der Waals surface area contributed by atoms with Gasteiger partial charge in [0.15, 0.2) is 0 Å². The Kier molecular flexibility index (Phi) is 8.67. The number of aromatic nitrogens is 3. The number of rotatable bonds is 11. The lowest BCUT2D eigenvalue weighted by molar-refractivity contribution is -0.384. The van der Waals surface area contributed by atoms with Crippen LogP contribution < -0.4 is 20.3 Å². The molecule has 13 nitrogen and oxygen atoms in total. The number of anilines is 3. The summed E-state index contributed by atoms with van der Waals surface area (Å²) in [5, 5.41) is 18.9. The van der Waals surface area contributed by atoms with Crippen molar-refractivity contribution in [3.63, 3.8) is 0 Å². The molecule has 0 bridgehead atoms. The standard InChI is InChI=1S/C29H33N7O6/c1-4-30-29(37)42-15-12-34(5-2)23-17-26(40-3)21(16-24(23)36(38)39)33-28-31-11-10-20(32-28)27-19-8-6-7-9-22(19)35-13-14-41-18-25(27)35/h6-11,16-17H,4-5,12-15,18H2,1-3H3,(H,30,37)(H,31,32,33). The van der Waals surface area contributed by atoms with Crippen LogP contribution in [0.25, 0.3) is 22.2 Å². The van der Waals surface area contributed by atoms with Crippen molar-refractivity contribution in [2.75, 3.05) is 50.2 Å². The van der Waals surface area contributed by atoms with Crippen molar-refractivity contribution in [3.05, 3.63) is 64.5 Å². The highest BCUT2D eigenvalue weighted by atomic mass is 16.6. The molecule has 0 saturated heterocycles. The first-order valence-electron chi connectivity index (χ1n) is 13.7. The van der Waals surface area contributed by atoms with Gasteiger partial charge in [-0.25, -0.2) is 14.8 Å². The minimum Gasteiger partial charge on any atom is -0.494 e. The molecule has 2 aromatic carbocycles. The van der Waals surface area contributed by atoms with Crippen LogP contribution in [-0.2, 0) is 22.6 Å². The second-order valence-corrected chi connectivity index (χ2v) is 9.48. The fraction of sp³-hybridized carbons (Fsp3) is 0.345. The zero-order chi connectivity index (χ0) is 29.6. The number of nitrogens with one attached hydrogen (secondary N) is 2. The van der Waals surface area contributed by atoms with Crippen molar-refractivity contribution in [1.29, 1.82) is 0 Å². The number of fused-ring (bicyclic) bond motifs is 3. The molecule has 0 spiro atoms. The van der Waals surface area contributed by atoms with Gasteiger partial charge in [-0.1, -0.05) is 18.2 Å². The first kappa shape index (κ1) is 28.6. The summed E-state index contributed by atoms with van der Waals surface area (Å²) in [5.41, 5.74) is 4.37. The summed E-state index contributed by atoms with van der Waals surface area (Å²) in [6.45, 7) is 6.73. The number of hydrogen-bond donors (Lipinski definition) is 2. The molecule has 0 saturated carbocycles. The zero-order valence-electron chi connectivity index (χ0n) is 23.8. The summed E-state index contributed by atoms with van der Waals surface area (Å²) in [7, 11) is 1.49. The van der Waals surface area contributed by atoms with Crippen LogP contribution in [0.15, 0.2) is 48.7 Å². The Morgan fingerprint density at radius 1 is 1.24 bits per heavy atom. The number of likely N-dealkylation sites (N-methyl/N-ethyl adjacent to an activating group) is 1. The summed E-state index contributed by atoms with van der Waals surface area (Å²) in [4.78, 5) is 34.3. The van der Waals surface area contributed by atoms with E-state index in [1.807, 2.05) is 25.1 Å². The molecule has 1 aliphatic rings. The lowest BCUT2D eigenvalue weighted by Gasteiger charge is -2.24. The first-order chi connectivity index (χ1) is 20.4. The van der Waals surface area contributed by atoms with E-state index in [1.165, 1.54) is 13.2 Å². The summed E-state index contributed by atoms with van der Waals surface area (Å²) < 4.78 is 18.8. The average molecular weight is 576 g/mol. The zero-order valence-corrected chi connectivity index (χ0v) is 23.8. The van der Waals surface area contributed by atoms with E-state index in [0.717, 1.165) is 28.7 Å². The van der Waals surface area contributed by atoms with Crippen LogP contribution >= 0.6 is 0 Å². The van der Waals surface area contributed by atoms with Crippen LogP contribution in [0.1, 0.15) is 19.5 Å². The molecule has 0 fully saturated rings. The fourth-order valence-electron chi connectivity index (χ4n) is 5.17. The Hall–Kier alpha value is -4.91. The van der Waals surface area contributed by atoms with Crippen molar-refractivity contribution >= 4 is 40.0 Å². The third-order valence-electron chi connectivity index (χ3n) is 7.07.